The predicted molar refractivity (Wildman–Crippen MR) is 93.1 cm³/mol. The summed E-state index contributed by atoms with van der Waals surface area (Å²) in [4.78, 5) is 57.4. The van der Waals surface area contributed by atoms with Gasteiger partial charge in [0.15, 0.2) is 0 Å². The highest BCUT2D eigenvalue weighted by atomic mass is 16.4. The van der Waals surface area contributed by atoms with Gasteiger partial charge in [0.05, 0.1) is 0 Å². The molecule has 0 aromatic heterocycles. The fourth-order valence-corrected chi connectivity index (χ4v) is 0.632. The Morgan fingerprint density at radius 2 is 0.615 bits per heavy atom. The highest BCUT2D eigenvalue weighted by Crippen LogP contribution is 1.97. The fourth-order valence-electron chi connectivity index (χ4n) is 0.632. The monoisotopic (exact) mass is 382 g/mol. The molecular weight excluding hydrogens is 352 g/mol. The van der Waals surface area contributed by atoms with Crippen molar-refractivity contribution in [2.75, 3.05) is 0 Å². The first-order valence-corrected chi connectivity index (χ1v) is 7.45. The third kappa shape index (κ3) is 224. The van der Waals surface area contributed by atoms with Crippen LogP contribution in [0.1, 0.15) is 67.2 Å². The van der Waals surface area contributed by atoms with Crippen molar-refractivity contribution in [3.8, 4) is 0 Å². The molecule has 0 aliphatic carbocycles. The van der Waals surface area contributed by atoms with Crippen LogP contribution in [-0.4, -0.2) is 55.9 Å². The van der Waals surface area contributed by atoms with Gasteiger partial charge in [-0.2, -0.15) is 0 Å². The van der Waals surface area contributed by atoms with Gasteiger partial charge >= 0.3 is 0 Å². The van der Waals surface area contributed by atoms with Crippen LogP contribution in [0.15, 0.2) is 0 Å². The number of ketones is 2. The van der Waals surface area contributed by atoms with E-state index >= 15 is 0 Å². The summed E-state index contributed by atoms with van der Waals surface area (Å²) < 4.78 is 0. The lowest BCUT2D eigenvalue weighted by atomic mass is 10.1. The Morgan fingerprint density at radius 1 is 0.500 bits per heavy atom. The summed E-state index contributed by atoms with van der Waals surface area (Å²) in [6, 6.07) is 0. The van der Waals surface area contributed by atoms with Crippen molar-refractivity contribution in [2.45, 2.75) is 67.2 Å². The van der Waals surface area contributed by atoms with Crippen LogP contribution in [0.25, 0.3) is 0 Å². The van der Waals surface area contributed by atoms with Gasteiger partial charge in [-0.1, -0.05) is 13.8 Å². The van der Waals surface area contributed by atoms with E-state index in [2.05, 4.69) is 0 Å². The zero-order valence-electron chi connectivity index (χ0n) is 16.1. The Bertz CT molecular complexity index is 347. The summed E-state index contributed by atoms with van der Waals surface area (Å²) in [5, 5.41) is 29.7. The lowest BCUT2D eigenvalue weighted by molar-refractivity contribution is -0.135. The zero-order valence-corrected chi connectivity index (χ0v) is 16.1. The smallest absolute Gasteiger partial charge is 0.300 e. The Kier molecular flexibility index (Phi) is 36.0. The van der Waals surface area contributed by atoms with Crippen molar-refractivity contribution in [2.24, 2.45) is 0 Å². The Hall–Kier alpha value is -2.78. The number of carbonyl (C=O) groups is 6. The summed E-state index contributed by atoms with van der Waals surface area (Å²) in [5.74, 6) is -2.97. The summed E-state index contributed by atoms with van der Waals surface area (Å²) >= 11 is 0. The molecule has 26 heavy (non-hydrogen) atoms. The molecule has 0 aromatic carbocycles. The average molecular weight is 382 g/mol. The van der Waals surface area contributed by atoms with Crippen molar-refractivity contribution in [3.63, 3.8) is 0 Å². The van der Waals surface area contributed by atoms with Gasteiger partial charge in [0.1, 0.15) is 11.6 Å². The number of Topliss-reactive ketones (excluding diaryl/α,β-unsaturated/α-hetero) is 2. The molecule has 0 spiro atoms. The molecule has 0 rings (SSSR count). The largest absolute Gasteiger partial charge is 0.481 e. The molecule has 0 atom stereocenters. The zero-order chi connectivity index (χ0) is 22.3. The van der Waals surface area contributed by atoms with E-state index in [0.717, 1.165) is 27.7 Å². The fraction of sp³-hybridized carbons (Fsp3) is 0.625. The first-order chi connectivity index (χ1) is 11.6. The van der Waals surface area contributed by atoms with Crippen LogP contribution >= 0.6 is 0 Å². The molecule has 0 radical (unpaired) electrons. The molecule has 10 nitrogen and oxygen atoms in total. The first-order valence-electron chi connectivity index (χ1n) is 7.45. The number of rotatable bonds is 5. The lowest BCUT2D eigenvalue weighted by Gasteiger charge is -1.94. The Labute approximate surface area is 152 Å². The molecule has 10 heteroatoms. The van der Waals surface area contributed by atoms with E-state index in [-0.39, 0.29) is 11.6 Å². The van der Waals surface area contributed by atoms with E-state index in [4.69, 9.17) is 39.6 Å². The van der Waals surface area contributed by atoms with E-state index in [1.807, 2.05) is 13.8 Å². The predicted octanol–water partition coefficient (Wildman–Crippen LogP) is 2.09. The van der Waals surface area contributed by atoms with E-state index in [0.29, 0.717) is 25.7 Å². The van der Waals surface area contributed by atoms with Crippen molar-refractivity contribution in [1.29, 1.82) is 0 Å². The molecule has 0 bridgehead atoms. The quantitative estimate of drug-likeness (QED) is 0.549. The second-order valence-electron chi connectivity index (χ2n) is 4.36. The molecule has 0 saturated carbocycles. The van der Waals surface area contributed by atoms with Gasteiger partial charge in [-0.25, -0.2) is 0 Å². The number of carbonyl (C=O) groups excluding carboxylic acids is 2. The van der Waals surface area contributed by atoms with Crippen LogP contribution in [0.4, 0.5) is 0 Å². The van der Waals surface area contributed by atoms with Crippen molar-refractivity contribution >= 4 is 35.4 Å². The summed E-state index contributed by atoms with van der Waals surface area (Å²) in [6.45, 7) is 7.97. The maximum atomic E-state index is 10.7. The van der Waals surface area contributed by atoms with Crippen LogP contribution in [0, 0.1) is 0 Å². The first kappa shape index (κ1) is 34.5. The molecule has 0 aliphatic rings. The van der Waals surface area contributed by atoms with Gasteiger partial charge in [-0.3, -0.25) is 28.8 Å². The van der Waals surface area contributed by atoms with Crippen molar-refractivity contribution in [3.05, 3.63) is 0 Å². The topological polar surface area (TPSA) is 183 Å². The Balaban J connectivity index is -0.0000000776. The van der Waals surface area contributed by atoms with Crippen LogP contribution in [0.2, 0.25) is 0 Å². The number of aliphatic carboxylic acids is 4. The van der Waals surface area contributed by atoms with Crippen LogP contribution in [-0.2, 0) is 28.8 Å². The van der Waals surface area contributed by atoms with Crippen LogP contribution < -0.4 is 0 Å². The summed E-state index contributed by atoms with van der Waals surface area (Å²) in [6.07, 6.45) is 1.97. The summed E-state index contributed by atoms with van der Waals surface area (Å²) in [5.41, 5.74) is 0. The van der Waals surface area contributed by atoms with Crippen LogP contribution in [0.3, 0.4) is 0 Å². The minimum absolute atomic E-state index is 0.182. The third-order valence-corrected chi connectivity index (χ3v) is 1.47. The molecular formula is C16H30O10. The van der Waals surface area contributed by atoms with E-state index < -0.39 is 23.9 Å². The molecule has 0 heterocycles. The molecule has 0 unspecified atom stereocenters. The molecule has 0 aliphatic heterocycles. The molecule has 0 saturated heterocycles. The SMILES string of the molecule is CC(=O)O.CC(=O)O.CC(=O)O.CC(=O)O.CCC(=O)CCC(=O)CC. The Morgan fingerprint density at radius 3 is 0.692 bits per heavy atom. The third-order valence-electron chi connectivity index (χ3n) is 1.47. The maximum absolute atomic E-state index is 10.7. The number of carboxylic acids is 4. The highest BCUT2D eigenvalue weighted by Gasteiger charge is 2.01. The standard InChI is InChI=1S/C8H14O2.4C2H4O2/c1-3-7(9)5-6-8(10)4-2;4*1-2(3)4/h3-6H2,1-2H3;4*1H3,(H,3,4). The molecule has 0 amide bonds. The molecule has 154 valence electrons. The van der Waals surface area contributed by atoms with E-state index in [1.54, 1.807) is 0 Å². The van der Waals surface area contributed by atoms with Crippen molar-refractivity contribution in [1.82, 2.24) is 0 Å². The summed E-state index contributed by atoms with van der Waals surface area (Å²) in [7, 11) is 0. The van der Waals surface area contributed by atoms with Gasteiger partial charge < -0.3 is 20.4 Å². The van der Waals surface area contributed by atoms with Gasteiger partial charge in [-0.15, -0.1) is 0 Å². The minimum atomic E-state index is -0.833. The minimum Gasteiger partial charge on any atom is -0.481 e. The van der Waals surface area contributed by atoms with Gasteiger partial charge in [0.25, 0.3) is 23.9 Å². The number of carboxylic acid groups (broad SMARTS) is 4. The van der Waals surface area contributed by atoms with Gasteiger partial charge in [0, 0.05) is 53.4 Å². The lowest BCUT2D eigenvalue weighted by Crippen LogP contribution is -2.01. The average Bonchev–Trinajstić information content (AvgIpc) is 2.41. The second kappa shape index (κ2) is 27.1. The normalized spacial score (nSPS) is 7.46. The number of hydrogen-bond donors (Lipinski definition) is 4. The van der Waals surface area contributed by atoms with Crippen molar-refractivity contribution < 1.29 is 49.2 Å². The van der Waals surface area contributed by atoms with Gasteiger partial charge in [-0.05, 0) is 0 Å². The van der Waals surface area contributed by atoms with E-state index in [9.17, 15) is 9.59 Å². The maximum Gasteiger partial charge on any atom is 0.300 e. The highest BCUT2D eigenvalue weighted by molar-refractivity contribution is 5.85. The van der Waals surface area contributed by atoms with E-state index in [1.165, 1.54) is 0 Å². The number of hydrogen-bond acceptors (Lipinski definition) is 6. The molecule has 4 N–H and O–H groups in total. The second-order valence-corrected chi connectivity index (χ2v) is 4.36. The molecule has 0 aromatic rings. The molecule has 0 fully saturated rings. The van der Waals surface area contributed by atoms with Gasteiger partial charge in [0.2, 0.25) is 0 Å². The van der Waals surface area contributed by atoms with Crippen LogP contribution in [0.5, 0.6) is 0 Å².